The summed E-state index contributed by atoms with van der Waals surface area (Å²) >= 11 is 0. The average Bonchev–Trinajstić information content (AvgIpc) is 3.23. The molecule has 4 atom stereocenters. The van der Waals surface area contributed by atoms with E-state index >= 15 is 0 Å². The van der Waals surface area contributed by atoms with Gasteiger partial charge in [0.15, 0.2) is 0 Å². The number of hydrogen-bond acceptors (Lipinski definition) is 2. The lowest BCUT2D eigenvalue weighted by atomic mass is 9.85. The van der Waals surface area contributed by atoms with Crippen LogP contribution < -0.4 is 9.80 Å². The van der Waals surface area contributed by atoms with Gasteiger partial charge in [0.25, 0.3) is 0 Å². The van der Waals surface area contributed by atoms with Crippen LogP contribution in [-0.4, -0.2) is 12.1 Å². The van der Waals surface area contributed by atoms with Crippen LogP contribution in [0, 0.1) is 5.92 Å². The van der Waals surface area contributed by atoms with Gasteiger partial charge in [0.2, 0.25) is 0 Å². The van der Waals surface area contributed by atoms with Crippen molar-refractivity contribution in [3.8, 4) is 0 Å². The van der Waals surface area contributed by atoms with Crippen LogP contribution in [0.3, 0.4) is 0 Å². The molecule has 0 saturated carbocycles. The summed E-state index contributed by atoms with van der Waals surface area (Å²) in [6.45, 7) is 3.79. The maximum Gasteiger partial charge on any atom is 0.0573 e. The van der Waals surface area contributed by atoms with Crippen LogP contribution in [0.25, 0.3) is 16.8 Å². The third kappa shape index (κ3) is 7.56. The predicted octanol–water partition coefficient (Wildman–Crippen LogP) is 14.0. The molecule has 0 radical (unpaired) electrons. The summed E-state index contributed by atoms with van der Waals surface area (Å²) in [6.07, 6.45) is 42.4. The first-order valence-corrected chi connectivity index (χ1v) is 20.2. The lowest BCUT2D eigenvalue weighted by molar-refractivity contribution is 0.509. The molecule has 0 heterocycles. The first kappa shape index (κ1) is 35.0. The summed E-state index contributed by atoms with van der Waals surface area (Å²) in [5, 5.41) is 2.69. The van der Waals surface area contributed by atoms with E-state index in [1.165, 1.54) is 82.3 Å². The van der Waals surface area contributed by atoms with Crippen LogP contribution in [0.2, 0.25) is 0 Å². The molecule has 0 aromatic heterocycles. The lowest BCUT2D eigenvalue weighted by Gasteiger charge is -2.41. The fourth-order valence-corrected chi connectivity index (χ4v) is 9.19. The van der Waals surface area contributed by atoms with Crippen LogP contribution in [0.4, 0.5) is 22.7 Å². The first-order valence-electron chi connectivity index (χ1n) is 20.2. The normalized spacial score (nSPS) is 22.4. The van der Waals surface area contributed by atoms with Gasteiger partial charge in [-0.2, -0.15) is 0 Å². The van der Waals surface area contributed by atoms with E-state index in [2.05, 4.69) is 162 Å². The maximum absolute atomic E-state index is 3.79. The second kappa shape index (κ2) is 16.7. The second-order valence-corrected chi connectivity index (χ2v) is 15.2. The summed E-state index contributed by atoms with van der Waals surface area (Å²) in [5.41, 5.74) is 9.66. The Morgan fingerprint density at radius 1 is 0.623 bits per heavy atom. The fourth-order valence-electron chi connectivity index (χ4n) is 9.19. The second-order valence-electron chi connectivity index (χ2n) is 15.2. The zero-order valence-electron chi connectivity index (χ0n) is 31.2. The van der Waals surface area contributed by atoms with E-state index in [-0.39, 0.29) is 6.04 Å². The molecule has 268 valence electrons. The number of hydrogen-bond donors (Lipinski definition) is 0. The van der Waals surface area contributed by atoms with Gasteiger partial charge in [-0.15, -0.1) is 0 Å². The molecule has 4 aromatic carbocycles. The van der Waals surface area contributed by atoms with Crippen LogP contribution >= 0.6 is 0 Å². The number of nitrogens with zero attached hydrogens (tertiary/aromatic N) is 2. The van der Waals surface area contributed by atoms with Crippen LogP contribution in [0.1, 0.15) is 86.8 Å². The lowest BCUT2D eigenvalue weighted by Crippen LogP contribution is -2.34. The minimum atomic E-state index is 0.280. The molecule has 2 heteroatoms. The van der Waals surface area contributed by atoms with Crippen LogP contribution in [-0.2, 0) is 6.42 Å². The van der Waals surface area contributed by atoms with Gasteiger partial charge in [-0.3, -0.25) is 0 Å². The molecule has 53 heavy (non-hydrogen) atoms. The Labute approximate surface area is 317 Å². The highest BCUT2D eigenvalue weighted by Gasteiger charge is 2.32. The Balaban J connectivity index is 1.26. The average molecular weight is 695 g/mol. The number of benzene rings is 4. The summed E-state index contributed by atoms with van der Waals surface area (Å²) in [5.74, 6) is 1.18. The van der Waals surface area contributed by atoms with Crippen molar-refractivity contribution in [2.45, 2.75) is 88.6 Å². The van der Waals surface area contributed by atoms with Gasteiger partial charge in [0.05, 0.1) is 23.5 Å². The van der Waals surface area contributed by atoms with Crippen molar-refractivity contribution in [1.29, 1.82) is 0 Å². The molecule has 0 aliphatic heterocycles. The minimum absolute atomic E-state index is 0.280. The zero-order valence-corrected chi connectivity index (χ0v) is 31.2. The standard InChI is InChI=1S/C51H54N2/c1-2-3-4-5-9-20-39-31-35-44(36-32-39)52(42-23-12-7-13-24-42)50-46-27-16-18-29-48(46)51(49-30-19-17-28-47(49)50)53(43-25-14-8-15-26-43)45-37-33-41(34-38-45)40-21-10-6-11-22-40/h2-7,9-10,12-14,16,18-19,23-25,27,29-31,33-35,37-40,43-44H,1,8,11,15,17,20-22,26,28,32,36H2/b4-3-,9-5-. The summed E-state index contributed by atoms with van der Waals surface area (Å²) in [7, 11) is 0. The molecule has 0 N–H and O–H groups in total. The Bertz CT molecular complexity index is 2060. The highest BCUT2D eigenvalue weighted by molar-refractivity contribution is 6.10. The van der Waals surface area contributed by atoms with Crippen molar-refractivity contribution >= 4 is 39.6 Å². The van der Waals surface area contributed by atoms with Gasteiger partial charge in [0.1, 0.15) is 0 Å². The molecule has 2 nitrogen and oxygen atoms in total. The summed E-state index contributed by atoms with van der Waals surface area (Å²) < 4.78 is 0. The molecule has 4 aromatic rings. The van der Waals surface area contributed by atoms with E-state index in [4.69, 9.17) is 0 Å². The number of anilines is 4. The molecule has 4 aliphatic carbocycles. The molecular weight excluding hydrogens is 641 g/mol. The van der Waals surface area contributed by atoms with Crippen molar-refractivity contribution in [2.75, 3.05) is 9.80 Å². The van der Waals surface area contributed by atoms with Gasteiger partial charge in [-0.05, 0) is 118 Å². The van der Waals surface area contributed by atoms with Crippen molar-refractivity contribution in [3.63, 3.8) is 0 Å². The van der Waals surface area contributed by atoms with Gasteiger partial charge in [-0.1, -0.05) is 140 Å². The highest BCUT2D eigenvalue weighted by atomic mass is 15.2. The van der Waals surface area contributed by atoms with E-state index in [0.29, 0.717) is 17.9 Å². The summed E-state index contributed by atoms with van der Waals surface area (Å²) in [6, 6.07) is 30.7. The van der Waals surface area contributed by atoms with Crippen LogP contribution in [0.15, 0.2) is 158 Å². The highest BCUT2D eigenvalue weighted by Crippen LogP contribution is 2.50. The van der Waals surface area contributed by atoms with E-state index < -0.39 is 0 Å². The van der Waals surface area contributed by atoms with Crippen molar-refractivity contribution in [1.82, 2.24) is 0 Å². The quantitative estimate of drug-likeness (QED) is 0.0876. The third-order valence-electron chi connectivity index (χ3n) is 11.8. The minimum Gasteiger partial charge on any atom is -0.334 e. The number of para-hydroxylation sites is 1. The Hall–Kier alpha value is -5.08. The van der Waals surface area contributed by atoms with Crippen molar-refractivity contribution < 1.29 is 0 Å². The number of fused-ring (bicyclic) bond motifs is 2. The number of allylic oxidation sites excluding steroid dienone is 10. The molecule has 0 saturated heterocycles. The fraction of sp³-hybridized carbons (Fsp3) is 0.294. The van der Waals surface area contributed by atoms with Gasteiger partial charge >= 0.3 is 0 Å². The molecule has 0 bridgehead atoms. The molecule has 0 spiro atoms. The van der Waals surface area contributed by atoms with Crippen molar-refractivity contribution in [2.24, 2.45) is 5.92 Å². The first-order chi connectivity index (χ1) is 26.3. The zero-order chi connectivity index (χ0) is 35.8. The molecule has 4 aliphatic rings. The third-order valence-corrected chi connectivity index (χ3v) is 11.8. The molecule has 8 rings (SSSR count). The molecule has 4 unspecified atom stereocenters. The van der Waals surface area contributed by atoms with E-state index in [1.54, 1.807) is 0 Å². The van der Waals surface area contributed by atoms with E-state index in [0.717, 1.165) is 38.5 Å². The smallest absolute Gasteiger partial charge is 0.0573 e. The maximum atomic E-state index is 3.79. The van der Waals surface area contributed by atoms with Crippen LogP contribution in [0.5, 0.6) is 0 Å². The Morgan fingerprint density at radius 3 is 2.13 bits per heavy atom. The van der Waals surface area contributed by atoms with E-state index in [9.17, 15) is 0 Å². The molecule has 0 fully saturated rings. The summed E-state index contributed by atoms with van der Waals surface area (Å²) in [4.78, 5) is 5.40. The largest absolute Gasteiger partial charge is 0.334 e. The van der Waals surface area contributed by atoms with E-state index in [1.807, 2.05) is 12.2 Å². The Morgan fingerprint density at radius 2 is 1.40 bits per heavy atom. The SMILES string of the molecule is C=C/C=C\C=C/CC1C=CC(N(c2ccccc2)c2c3c(c(N(c4ccc(C5CC=CCC5)cc4)C4C=CCCC4)c4ccccc24)C=CCC3)CC1. The van der Waals surface area contributed by atoms with Gasteiger partial charge < -0.3 is 9.80 Å². The number of rotatable bonds is 11. The van der Waals surface area contributed by atoms with Gasteiger partial charge in [-0.25, -0.2) is 0 Å². The predicted molar refractivity (Wildman–Crippen MR) is 230 cm³/mol. The molecular formula is C51H54N2. The topological polar surface area (TPSA) is 6.48 Å². The monoisotopic (exact) mass is 694 g/mol. The van der Waals surface area contributed by atoms with Gasteiger partial charge in [0, 0.05) is 27.7 Å². The molecule has 0 amide bonds. The van der Waals surface area contributed by atoms with Crippen molar-refractivity contribution in [3.05, 3.63) is 175 Å². The Kier molecular flexibility index (Phi) is 11.0.